The fourth-order valence-corrected chi connectivity index (χ4v) is 4.19. The molecule has 1 aromatic carbocycles. The Balaban J connectivity index is 2.05. The Bertz CT molecular complexity index is 1040. The first-order valence-electron chi connectivity index (χ1n) is 10.7. The summed E-state index contributed by atoms with van der Waals surface area (Å²) in [5.74, 6) is 1.09. The standard InChI is InChI=1S/C22H29ClN4O5/c1-5-16-19(24-17-11-26(22(29)30)12-18(17)32-7-3)21(28)27(6-2)20(25-16)14-9-8-13(31-4)10-15(14)23/h8-10,17-18,24H,5-7,11-12H2,1-4H3,(H,29,30)/t17-,18+/m1/s1. The van der Waals surface area contributed by atoms with Crippen molar-refractivity contribution < 1.29 is 19.4 Å². The van der Waals surface area contributed by atoms with E-state index in [0.29, 0.717) is 53.1 Å². The van der Waals surface area contributed by atoms with Gasteiger partial charge in [-0.15, -0.1) is 0 Å². The maximum absolute atomic E-state index is 13.5. The maximum atomic E-state index is 13.5. The Hall–Kier alpha value is -2.78. The topological polar surface area (TPSA) is 106 Å². The summed E-state index contributed by atoms with van der Waals surface area (Å²) >= 11 is 6.47. The summed E-state index contributed by atoms with van der Waals surface area (Å²) in [7, 11) is 1.56. The van der Waals surface area contributed by atoms with Gasteiger partial charge >= 0.3 is 6.09 Å². The van der Waals surface area contributed by atoms with Crippen LogP contribution in [0.2, 0.25) is 5.02 Å². The highest BCUT2D eigenvalue weighted by molar-refractivity contribution is 6.33. The lowest BCUT2D eigenvalue weighted by Gasteiger charge is -2.23. The van der Waals surface area contributed by atoms with Crippen LogP contribution in [0.4, 0.5) is 10.5 Å². The number of carboxylic acid groups (broad SMARTS) is 1. The predicted octanol–water partition coefficient (Wildman–Crippen LogP) is 3.33. The second kappa shape index (κ2) is 10.2. The summed E-state index contributed by atoms with van der Waals surface area (Å²) in [6.07, 6.45) is -0.855. The van der Waals surface area contributed by atoms with Crippen LogP contribution in [0.15, 0.2) is 23.0 Å². The Kier molecular flexibility index (Phi) is 7.63. The van der Waals surface area contributed by atoms with Crippen LogP contribution in [0.5, 0.6) is 5.75 Å². The SMILES string of the molecule is CCO[C@H]1CN(C(=O)O)C[C@H]1Nc1c(CC)nc(-c2ccc(OC)cc2Cl)n(CC)c1=O. The van der Waals surface area contributed by atoms with Gasteiger partial charge in [-0.3, -0.25) is 9.36 Å². The third-order valence-corrected chi connectivity index (χ3v) is 5.87. The van der Waals surface area contributed by atoms with Crippen LogP contribution in [0.1, 0.15) is 26.5 Å². The van der Waals surface area contributed by atoms with E-state index < -0.39 is 6.09 Å². The quantitative estimate of drug-likeness (QED) is 0.617. The molecule has 1 fully saturated rings. The number of nitrogens with zero attached hydrogens (tertiary/aromatic N) is 3. The number of anilines is 1. The van der Waals surface area contributed by atoms with Crippen molar-refractivity contribution >= 4 is 23.4 Å². The number of carbonyl (C=O) groups is 1. The summed E-state index contributed by atoms with van der Waals surface area (Å²) < 4.78 is 12.5. The molecule has 0 unspecified atom stereocenters. The summed E-state index contributed by atoms with van der Waals surface area (Å²) in [5, 5.41) is 13.1. The highest BCUT2D eigenvalue weighted by atomic mass is 35.5. The molecule has 1 aromatic heterocycles. The van der Waals surface area contributed by atoms with E-state index in [1.54, 1.807) is 29.9 Å². The molecule has 32 heavy (non-hydrogen) atoms. The van der Waals surface area contributed by atoms with Gasteiger partial charge in [-0.05, 0) is 38.5 Å². The molecule has 1 aliphatic rings. The number of aryl methyl sites for hydroxylation is 1. The number of halogens is 1. The van der Waals surface area contributed by atoms with E-state index in [1.807, 2.05) is 20.8 Å². The average Bonchev–Trinajstić information content (AvgIpc) is 3.18. The largest absolute Gasteiger partial charge is 0.497 e. The monoisotopic (exact) mass is 464 g/mol. The molecule has 0 spiro atoms. The predicted molar refractivity (Wildman–Crippen MR) is 123 cm³/mol. The second-order valence-electron chi connectivity index (χ2n) is 7.44. The van der Waals surface area contributed by atoms with Crippen molar-refractivity contribution in [2.75, 3.05) is 32.1 Å². The Morgan fingerprint density at radius 2 is 2.06 bits per heavy atom. The van der Waals surface area contributed by atoms with Gasteiger partial charge in [0.1, 0.15) is 17.3 Å². The fraction of sp³-hybridized carbons (Fsp3) is 0.500. The number of ether oxygens (including phenoxy) is 2. The lowest BCUT2D eigenvalue weighted by molar-refractivity contribution is 0.0629. The lowest BCUT2D eigenvalue weighted by atomic mass is 10.1. The van der Waals surface area contributed by atoms with Crippen molar-refractivity contribution in [2.45, 2.75) is 45.9 Å². The van der Waals surface area contributed by atoms with Crippen molar-refractivity contribution in [3.05, 3.63) is 39.3 Å². The second-order valence-corrected chi connectivity index (χ2v) is 7.85. The van der Waals surface area contributed by atoms with E-state index in [0.717, 1.165) is 0 Å². The van der Waals surface area contributed by atoms with Gasteiger partial charge in [-0.25, -0.2) is 9.78 Å². The molecule has 0 radical (unpaired) electrons. The molecule has 1 amide bonds. The Morgan fingerprint density at radius 1 is 1.31 bits per heavy atom. The Morgan fingerprint density at radius 3 is 2.62 bits per heavy atom. The molecule has 10 heteroatoms. The summed E-state index contributed by atoms with van der Waals surface area (Å²) in [6, 6.07) is 4.89. The number of hydrogen-bond acceptors (Lipinski definition) is 6. The normalized spacial score (nSPS) is 18.1. The van der Waals surface area contributed by atoms with Crippen LogP contribution in [0, 0.1) is 0 Å². The van der Waals surface area contributed by atoms with E-state index in [2.05, 4.69) is 5.32 Å². The molecule has 9 nitrogen and oxygen atoms in total. The van der Waals surface area contributed by atoms with Crippen molar-refractivity contribution in [1.29, 1.82) is 0 Å². The van der Waals surface area contributed by atoms with Crippen molar-refractivity contribution in [2.24, 2.45) is 0 Å². The fourth-order valence-electron chi connectivity index (χ4n) is 3.94. The number of methoxy groups -OCH3 is 1. The van der Waals surface area contributed by atoms with Gasteiger partial charge in [0.25, 0.3) is 5.56 Å². The maximum Gasteiger partial charge on any atom is 0.407 e. The molecule has 0 aliphatic carbocycles. The van der Waals surface area contributed by atoms with Crippen LogP contribution < -0.4 is 15.6 Å². The third-order valence-electron chi connectivity index (χ3n) is 5.56. The smallest absolute Gasteiger partial charge is 0.407 e. The highest BCUT2D eigenvalue weighted by Gasteiger charge is 2.37. The molecule has 2 aromatic rings. The molecular formula is C22H29ClN4O5. The zero-order chi connectivity index (χ0) is 23.4. The van der Waals surface area contributed by atoms with Crippen molar-refractivity contribution in [1.82, 2.24) is 14.5 Å². The van der Waals surface area contributed by atoms with Crippen LogP contribution in [0.3, 0.4) is 0 Å². The van der Waals surface area contributed by atoms with Crippen molar-refractivity contribution in [3.63, 3.8) is 0 Å². The molecular weight excluding hydrogens is 436 g/mol. The van der Waals surface area contributed by atoms with Crippen LogP contribution in [-0.4, -0.2) is 64.6 Å². The number of rotatable bonds is 8. The number of nitrogens with one attached hydrogen (secondary N) is 1. The summed E-state index contributed by atoms with van der Waals surface area (Å²) in [5.41, 5.74) is 1.36. The first kappa shape index (κ1) is 23.9. The first-order valence-corrected chi connectivity index (χ1v) is 11.1. The molecule has 2 N–H and O–H groups in total. The molecule has 2 heterocycles. The van der Waals surface area contributed by atoms with Gasteiger partial charge in [-0.2, -0.15) is 0 Å². The van der Waals surface area contributed by atoms with Gasteiger partial charge in [0.05, 0.1) is 36.5 Å². The molecule has 0 saturated carbocycles. The van der Waals surface area contributed by atoms with Gasteiger partial charge in [-0.1, -0.05) is 18.5 Å². The van der Waals surface area contributed by atoms with E-state index in [1.165, 1.54) is 4.90 Å². The molecule has 174 valence electrons. The minimum atomic E-state index is -1.01. The minimum absolute atomic E-state index is 0.223. The molecule has 1 saturated heterocycles. The number of benzene rings is 1. The number of hydrogen-bond donors (Lipinski definition) is 2. The Labute approximate surface area is 191 Å². The van der Waals surface area contributed by atoms with E-state index in [4.69, 9.17) is 26.1 Å². The van der Waals surface area contributed by atoms with Crippen LogP contribution >= 0.6 is 11.6 Å². The van der Waals surface area contributed by atoms with Crippen molar-refractivity contribution in [3.8, 4) is 17.1 Å². The van der Waals surface area contributed by atoms with E-state index in [9.17, 15) is 14.7 Å². The highest BCUT2D eigenvalue weighted by Crippen LogP contribution is 2.31. The average molecular weight is 465 g/mol. The zero-order valence-corrected chi connectivity index (χ0v) is 19.5. The van der Waals surface area contributed by atoms with Gasteiger partial charge < -0.3 is 24.8 Å². The molecule has 0 bridgehead atoms. The lowest BCUT2D eigenvalue weighted by Crippen LogP contribution is -2.38. The molecule has 2 atom stereocenters. The molecule has 1 aliphatic heterocycles. The summed E-state index contributed by atoms with van der Waals surface area (Å²) in [4.78, 5) is 31.0. The van der Waals surface area contributed by atoms with Gasteiger partial charge in [0.2, 0.25) is 0 Å². The van der Waals surface area contributed by atoms with E-state index in [-0.39, 0.29) is 30.8 Å². The minimum Gasteiger partial charge on any atom is -0.497 e. The van der Waals surface area contributed by atoms with Gasteiger partial charge in [0.15, 0.2) is 0 Å². The first-order chi connectivity index (χ1) is 15.3. The van der Waals surface area contributed by atoms with Gasteiger partial charge in [0, 0.05) is 25.3 Å². The molecule has 3 rings (SSSR count). The zero-order valence-electron chi connectivity index (χ0n) is 18.7. The number of likely N-dealkylation sites (tertiary alicyclic amines) is 1. The van der Waals surface area contributed by atoms with E-state index >= 15 is 0 Å². The number of amides is 1. The summed E-state index contributed by atoms with van der Waals surface area (Å²) in [6.45, 7) is 6.95. The van der Waals surface area contributed by atoms with Crippen LogP contribution in [0.25, 0.3) is 11.4 Å². The third kappa shape index (κ3) is 4.68. The number of aromatic nitrogens is 2. The van der Waals surface area contributed by atoms with Crippen LogP contribution in [-0.2, 0) is 17.7 Å².